The second kappa shape index (κ2) is 10.9. The first-order valence-corrected chi connectivity index (χ1v) is 10.1. The van der Waals surface area contributed by atoms with E-state index in [-0.39, 0.29) is 5.78 Å². The van der Waals surface area contributed by atoms with Gasteiger partial charge >= 0.3 is 5.97 Å². The molecule has 0 aliphatic rings. The van der Waals surface area contributed by atoms with Gasteiger partial charge in [0, 0.05) is 18.9 Å². The molecule has 0 fully saturated rings. The molecule has 0 heterocycles. The van der Waals surface area contributed by atoms with E-state index in [4.69, 9.17) is 14.2 Å². The fraction of sp³-hybridized carbons (Fsp3) is 0.364. The maximum Gasteiger partial charge on any atom is 0.308 e. The van der Waals surface area contributed by atoms with Crippen molar-refractivity contribution in [2.24, 2.45) is 0 Å². The highest BCUT2D eigenvalue weighted by Crippen LogP contribution is 2.34. The molecule has 0 unspecified atom stereocenters. The number of hydrogen-bond donors (Lipinski definition) is 0. The van der Waals surface area contributed by atoms with Crippen molar-refractivity contribution in [1.82, 2.24) is 0 Å². The maximum atomic E-state index is 11.9. The number of carbonyl (C=O) groups is 2. The minimum absolute atomic E-state index is 0.151. The molecule has 0 saturated carbocycles. The van der Waals surface area contributed by atoms with Gasteiger partial charge in [-0.15, -0.1) is 0 Å². The van der Waals surface area contributed by atoms with Gasteiger partial charge in [0.1, 0.15) is 17.2 Å². The summed E-state index contributed by atoms with van der Waals surface area (Å²) in [7, 11) is 0. The molecule has 0 radical (unpaired) electrons. The maximum absolute atomic E-state index is 11.9. The normalized spacial score (nSPS) is 10.4. The molecule has 0 N–H and O–H groups in total. The quantitative estimate of drug-likeness (QED) is 0.211. The van der Waals surface area contributed by atoms with Crippen LogP contribution in [0.4, 0.5) is 0 Å². The third kappa shape index (κ3) is 6.09. The first-order chi connectivity index (χ1) is 13.4. The summed E-state index contributed by atoms with van der Waals surface area (Å²) in [4.78, 5) is 23.4. The van der Waals surface area contributed by atoms with Gasteiger partial charge in [-0.2, -0.15) is 0 Å². The van der Waals surface area contributed by atoms with Crippen LogP contribution >= 0.6 is 15.9 Å². The Morgan fingerprint density at radius 3 is 2.25 bits per heavy atom. The van der Waals surface area contributed by atoms with Crippen LogP contribution in [0.25, 0.3) is 0 Å². The Labute approximate surface area is 174 Å². The van der Waals surface area contributed by atoms with Crippen LogP contribution < -0.4 is 14.2 Å². The molecular formula is C22H25BrO5. The molecule has 0 aliphatic heterocycles. The number of ketones is 1. The lowest BCUT2D eigenvalue weighted by Crippen LogP contribution is -2.11. The van der Waals surface area contributed by atoms with Gasteiger partial charge in [0.2, 0.25) is 0 Å². The van der Waals surface area contributed by atoms with E-state index in [9.17, 15) is 9.59 Å². The predicted molar refractivity (Wildman–Crippen MR) is 111 cm³/mol. The van der Waals surface area contributed by atoms with E-state index in [0.29, 0.717) is 43.1 Å². The van der Waals surface area contributed by atoms with Crippen LogP contribution in [0.5, 0.6) is 17.2 Å². The van der Waals surface area contributed by atoms with E-state index >= 15 is 0 Å². The van der Waals surface area contributed by atoms with Gasteiger partial charge in [0.15, 0.2) is 5.78 Å². The number of para-hydroxylation sites is 1. The fourth-order valence-corrected chi connectivity index (χ4v) is 3.15. The van der Waals surface area contributed by atoms with E-state index in [1.165, 1.54) is 13.8 Å². The van der Waals surface area contributed by atoms with Crippen LogP contribution in [-0.2, 0) is 11.2 Å². The van der Waals surface area contributed by atoms with Crippen molar-refractivity contribution in [1.29, 1.82) is 0 Å². The first kappa shape index (κ1) is 22.0. The minimum atomic E-state index is -0.459. The average Bonchev–Trinajstić information content (AvgIpc) is 2.64. The van der Waals surface area contributed by atoms with Crippen LogP contribution in [0, 0.1) is 0 Å². The third-order valence-corrected chi connectivity index (χ3v) is 4.64. The van der Waals surface area contributed by atoms with Crippen molar-refractivity contribution >= 4 is 27.7 Å². The smallest absolute Gasteiger partial charge is 0.308 e. The first-order valence-electron chi connectivity index (χ1n) is 9.29. The SMILES string of the molecule is CCCc1c(OCCCOc2ccccc2Br)ccc(C(C)=O)c1OC(C)=O. The average molecular weight is 449 g/mol. The van der Waals surface area contributed by atoms with Crippen molar-refractivity contribution in [2.45, 2.75) is 40.0 Å². The third-order valence-electron chi connectivity index (χ3n) is 3.98. The summed E-state index contributed by atoms with van der Waals surface area (Å²) in [5.74, 6) is 1.12. The van der Waals surface area contributed by atoms with Crippen LogP contribution in [0.3, 0.4) is 0 Å². The largest absolute Gasteiger partial charge is 0.493 e. The van der Waals surface area contributed by atoms with E-state index in [0.717, 1.165) is 22.2 Å². The van der Waals surface area contributed by atoms with E-state index in [1.54, 1.807) is 12.1 Å². The zero-order chi connectivity index (χ0) is 20.5. The molecule has 6 heteroatoms. The van der Waals surface area contributed by atoms with Crippen molar-refractivity contribution in [3.8, 4) is 17.2 Å². The summed E-state index contributed by atoms with van der Waals surface area (Å²) in [6, 6.07) is 11.1. The summed E-state index contributed by atoms with van der Waals surface area (Å²) in [6.07, 6.45) is 2.16. The minimum Gasteiger partial charge on any atom is -0.493 e. The van der Waals surface area contributed by atoms with Gasteiger partial charge in [-0.05, 0) is 53.5 Å². The Bertz CT molecular complexity index is 832. The molecule has 0 aliphatic carbocycles. The van der Waals surface area contributed by atoms with Gasteiger partial charge < -0.3 is 14.2 Å². The molecule has 0 bridgehead atoms. The van der Waals surface area contributed by atoms with Gasteiger partial charge in [-0.3, -0.25) is 9.59 Å². The van der Waals surface area contributed by atoms with Crippen molar-refractivity contribution in [2.75, 3.05) is 13.2 Å². The van der Waals surface area contributed by atoms with Crippen molar-refractivity contribution < 1.29 is 23.8 Å². The summed E-state index contributed by atoms with van der Waals surface area (Å²) in [5, 5.41) is 0. The van der Waals surface area contributed by atoms with Crippen LogP contribution in [-0.4, -0.2) is 25.0 Å². The Morgan fingerprint density at radius 2 is 1.64 bits per heavy atom. The lowest BCUT2D eigenvalue weighted by molar-refractivity contribution is -0.131. The molecule has 28 heavy (non-hydrogen) atoms. The van der Waals surface area contributed by atoms with Gasteiger partial charge in [-0.1, -0.05) is 25.5 Å². The highest BCUT2D eigenvalue weighted by Gasteiger charge is 2.19. The Kier molecular flexibility index (Phi) is 8.51. The number of benzene rings is 2. The number of halogens is 1. The predicted octanol–water partition coefficient (Wildman–Crippen LogP) is 5.38. The number of hydrogen-bond acceptors (Lipinski definition) is 5. The van der Waals surface area contributed by atoms with Gasteiger partial charge in [0.25, 0.3) is 0 Å². The molecule has 0 aromatic heterocycles. The van der Waals surface area contributed by atoms with Crippen molar-refractivity contribution in [3.63, 3.8) is 0 Å². The van der Waals surface area contributed by atoms with Crippen LogP contribution in [0.1, 0.15) is 49.5 Å². The molecule has 2 aromatic carbocycles. The lowest BCUT2D eigenvalue weighted by atomic mass is 10.0. The fourth-order valence-electron chi connectivity index (χ4n) is 2.75. The molecule has 0 saturated heterocycles. The number of Topliss-reactive ketones (excluding diaryl/α,β-unsaturated/α-hetero) is 1. The Morgan fingerprint density at radius 1 is 0.964 bits per heavy atom. The summed E-state index contributed by atoms with van der Waals surface area (Å²) in [6.45, 7) is 5.76. The standard InChI is InChI=1S/C22H25BrO5/c1-4-8-18-20(12-11-17(15(2)24)22(18)28-16(3)25)26-13-7-14-27-21-10-6-5-9-19(21)23/h5-6,9-12H,4,7-8,13-14H2,1-3H3. The summed E-state index contributed by atoms with van der Waals surface area (Å²) in [5.41, 5.74) is 1.14. The molecule has 2 aromatic rings. The second-order valence-corrected chi connectivity index (χ2v) is 7.15. The Balaban J connectivity index is 2.06. The molecule has 2 rings (SSSR count). The molecule has 0 atom stereocenters. The highest BCUT2D eigenvalue weighted by atomic mass is 79.9. The monoisotopic (exact) mass is 448 g/mol. The lowest BCUT2D eigenvalue weighted by Gasteiger charge is -2.17. The highest BCUT2D eigenvalue weighted by molar-refractivity contribution is 9.10. The second-order valence-electron chi connectivity index (χ2n) is 6.30. The van der Waals surface area contributed by atoms with Gasteiger partial charge in [-0.25, -0.2) is 0 Å². The topological polar surface area (TPSA) is 61.8 Å². The number of esters is 1. The summed E-state index contributed by atoms with van der Waals surface area (Å²) >= 11 is 3.45. The van der Waals surface area contributed by atoms with Crippen molar-refractivity contribution in [3.05, 3.63) is 52.0 Å². The molecular weight excluding hydrogens is 424 g/mol. The Hall–Kier alpha value is -2.34. The molecule has 5 nitrogen and oxygen atoms in total. The molecule has 150 valence electrons. The summed E-state index contributed by atoms with van der Waals surface area (Å²) < 4.78 is 17.9. The van der Waals surface area contributed by atoms with E-state index in [1.807, 2.05) is 31.2 Å². The van der Waals surface area contributed by atoms with E-state index in [2.05, 4.69) is 15.9 Å². The molecule has 0 amide bonds. The van der Waals surface area contributed by atoms with Crippen LogP contribution in [0.2, 0.25) is 0 Å². The van der Waals surface area contributed by atoms with Crippen LogP contribution in [0.15, 0.2) is 40.9 Å². The van der Waals surface area contributed by atoms with Gasteiger partial charge in [0.05, 0.1) is 23.2 Å². The zero-order valence-electron chi connectivity index (χ0n) is 16.4. The number of ether oxygens (including phenoxy) is 3. The van der Waals surface area contributed by atoms with E-state index < -0.39 is 5.97 Å². The number of rotatable bonds is 10. The number of carbonyl (C=O) groups excluding carboxylic acids is 2. The zero-order valence-corrected chi connectivity index (χ0v) is 18.0. The molecule has 0 spiro atoms.